The molecule has 1 atom stereocenters. The minimum absolute atomic E-state index is 0.412. The van der Waals surface area contributed by atoms with Gasteiger partial charge in [0.05, 0.1) is 0 Å². The van der Waals surface area contributed by atoms with Gasteiger partial charge in [-0.05, 0) is 39.5 Å². The topological polar surface area (TPSA) is 62.2 Å². The Morgan fingerprint density at radius 1 is 1.68 bits per heavy atom. The molecule has 1 saturated carbocycles. The van der Waals surface area contributed by atoms with E-state index in [4.69, 9.17) is 0 Å². The monoisotopic (exact) mass is 300 g/mol. The zero-order chi connectivity index (χ0) is 13.9. The third-order valence-corrected chi connectivity index (χ3v) is 5.44. The van der Waals surface area contributed by atoms with Crippen LogP contribution in [0.4, 0.5) is 0 Å². The lowest BCUT2D eigenvalue weighted by molar-refractivity contribution is -0.144. The molecule has 106 valence electrons. The highest BCUT2D eigenvalue weighted by molar-refractivity contribution is 8.00. The second-order valence-electron chi connectivity index (χ2n) is 5.26. The summed E-state index contributed by atoms with van der Waals surface area (Å²) < 4.78 is 1.07. The highest BCUT2D eigenvalue weighted by Gasteiger charge is 2.37. The van der Waals surface area contributed by atoms with Gasteiger partial charge in [0.1, 0.15) is 9.88 Å². The molecule has 0 saturated heterocycles. The number of hydrogen-bond donors (Lipinski definition) is 2. The summed E-state index contributed by atoms with van der Waals surface area (Å²) in [6.07, 6.45) is 3.76. The number of carboxylic acid groups (broad SMARTS) is 1. The number of aliphatic carboxylic acids is 1. The molecule has 0 spiro atoms. The van der Waals surface area contributed by atoms with Gasteiger partial charge >= 0.3 is 5.97 Å². The average molecular weight is 300 g/mol. The van der Waals surface area contributed by atoms with Crippen LogP contribution in [0.3, 0.4) is 0 Å². The van der Waals surface area contributed by atoms with Gasteiger partial charge in [0.25, 0.3) is 0 Å². The number of carbonyl (C=O) groups is 1. The smallest absolute Gasteiger partial charge is 0.323 e. The molecule has 0 aliphatic heterocycles. The normalized spacial score (nSPS) is 18.2. The molecule has 1 aliphatic carbocycles. The molecule has 0 radical (unpaired) electrons. The third kappa shape index (κ3) is 4.47. The van der Waals surface area contributed by atoms with Crippen LogP contribution in [0.5, 0.6) is 0 Å². The van der Waals surface area contributed by atoms with Crippen LogP contribution in [-0.2, 0) is 4.79 Å². The van der Waals surface area contributed by atoms with Crippen LogP contribution in [0.2, 0.25) is 0 Å². The highest BCUT2D eigenvalue weighted by atomic mass is 32.2. The first-order valence-electron chi connectivity index (χ1n) is 6.55. The van der Waals surface area contributed by atoms with Crippen molar-refractivity contribution in [2.24, 2.45) is 0 Å². The van der Waals surface area contributed by atoms with E-state index in [9.17, 15) is 9.90 Å². The molecular formula is C13H20N2O2S2. The maximum atomic E-state index is 11.4. The second-order valence-corrected chi connectivity index (χ2v) is 7.46. The van der Waals surface area contributed by atoms with Crippen molar-refractivity contribution in [3.05, 3.63) is 11.1 Å². The fourth-order valence-electron chi connectivity index (χ4n) is 1.90. The molecule has 2 rings (SSSR count). The summed E-state index contributed by atoms with van der Waals surface area (Å²) in [5.74, 6) is 0.178. The average Bonchev–Trinajstić information content (AvgIpc) is 3.05. The summed E-state index contributed by atoms with van der Waals surface area (Å²) in [4.78, 5) is 15.8. The zero-order valence-electron chi connectivity index (χ0n) is 11.3. The van der Waals surface area contributed by atoms with Crippen molar-refractivity contribution in [3.63, 3.8) is 0 Å². The fraction of sp³-hybridized carbons (Fsp3) is 0.692. The summed E-state index contributed by atoms with van der Waals surface area (Å²) >= 11 is 3.37. The van der Waals surface area contributed by atoms with Crippen molar-refractivity contribution < 1.29 is 9.90 Å². The van der Waals surface area contributed by atoms with E-state index in [1.165, 1.54) is 0 Å². The Morgan fingerprint density at radius 3 is 2.95 bits per heavy atom. The number of thiazole rings is 1. The number of nitrogens with zero attached hydrogens (tertiary/aromatic N) is 1. The minimum Gasteiger partial charge on any atom is -0.480 e. The standard InChI is InChI=1S/C13H20N2O2S2/c1-9-8-19-12(14-9)18-7-3-6-13(2,11(16)17)15-10-4-5-10/h8,10,15H,3-7H2,1-2H3,(H,16,17). The fourth-order valence-corrected chi connectivity index (χ4v) is 3.76. The lowest BCUT2D eigenvalue weighted by Gasteiger charge is -2.26. The lowest BCUT2D eigenvalue weighted by atomic mass is 9.96. The van der Waals surface area contributed by atoms with Gasteiger partial charge in [-0.1, -0.05) is 11.8 Å². The predicted molar refractivity (Wildman–Crippen MR) is 79.0 cm³/mol. The minimum atomic E-state index is -0.777. The van der Waals surface area contributed by atoms with Crippen molar-refractivity contribution in [2.75, 3.05) is 5.75 Å². The first kappa shape index (κ1) is 14.8. The molecule has 1 aromatic heterocycles. The molecule has 1 aromatic rings. The van der Waals surface area contributed by atoms with Crippen LogP contribution in [0.1, 0.15) is 38.3 Å². The number of thioether (sulfide) groups is 1. The number of nitrogens with one attached hydrogen (secondary N) is 1. The van der Waals surface area contributed by atoms with Crippen LogP contribution < -0.4 is 5.32 Å². The van der Waals surface area contributed by atoms with Crippen LogP contribution >= 0.6 is 23.1 Å². The van der Waals surface area contributed by atoms with Crippen LogP contribution in [0, 0.1) is 6.92 Å². The maximum Gasteiger partial charge on any atom is 0.323 e. The van der Waals surface area contributed by atoms with Crippen molar-refractivity contribution in [2.45, 2.75) is 55.5 Å². The van der Waals surface area contributed by atoms with E-state index in [1.807, 2.05) is 12.3 Å². The van der Waals surface area contributed by atoms with Crippen LogP contribution in [0.15, 0.2) is 9.72 Å². The van der Waals surface area contributed by atoms with Crippen LogP contribution in [-0.4, -0.2) is 33.4 Å². The molecule has 19 heavy (non-hydrogen) atoms. The Bertz CT molecular complexity index is 446. The Morgan fingerprint density at radius 2 is 2.42 bits per heavy atom. The van der Waals surface area contributed by atoms with Crippen LogP contribution in [0.25, 0.3) is 0 Å². The summed E-state index contributed by atoms with van der Waals surface area (Å²) in [6, 6.07) is 0.412. The van der Waals surface area contributed by atoms with Crippen molar-refractivity contribution >= 4 is 29.1 Å². The van der Waals surface area contributed by atoms with Gasteiger partial charge in [-0.2, -0.15) is 0 Å². The summed E-state index contributed by atoms with van der Waals surface area (Å²) in [5, 5.41) is 14.6. The van der Waals surface area contributed by atoms with Gasteiger partial charge in [-0.15, -0.1) is 11.3 Å². The van der Waals surface area contributed by atoms with E-state index < -0.39 is 11.5 Å². The first-order chi connectivity index (χ1) is 8.99. The third-order valence-electron chi connectivity index (χ3n) is 3.22. The lowest BCUT2D eigenvalue weighted by Crippen LogP contribution is -2.50. The van der Waals surface area contributed by atoms with Crippen molar-refractivity contribution in [1.82, 2.24) is 10.3 Å². The van der Waals surface area contributed by atoms with Gasteiger partial charge in [-0.25, -0.2) is 4.98 Å². The van der Waals surface area contributed by atoms with E-state index in [0.29, 0.717) is 12.5 Å². The molecule has 0 amide bonds. The summed E-state index contributed by atoms with van der Waals surface area (Å²) in [7, 11) is 0. The number of hydrogen-bond acceptors (Lipinski definition) is 5. The number of aryl methyl sites for hydroxylation is 1. The number of carboxylic acids is 1. The molecule has 0 aromatic carbocycles. The van der Waals surface area contributed by atoms with E-state index in [1.54, 1.807) is 30.0 Å². The maximum absolute atomic E-state index is 11.4. The van der Waals surface area contributed by atoms with Crippen molar-refractivity contribution in [3.8, 4) is 0 Å². The predicted octanol–water partition coefficient (Wildman–Crippen LogP) is 2.92. The highest BCUT2D eigenvalue weighted by Crippen LogP contribution is 2.27. The van der Waals surface area contributed by atoms with E-state index in [-0.39, 0.29) is 0 Å². The molecule has 6 heteroatoms. The largest absolute Gasteiger partial charge is 0.480 e. The van der Waals surface area contributed by atoms with Crippen molar-refractivity contribution in [1.29, 1.82) is 0 Å². The van der Waals surface area contributed by atoms with E-state index in [2.05, 4.69) is 10.3 Å². The Labute approximate surface area is 122 Å². The van der Waals surface area contributed by atoms with Gasteiger partial charge in [-0.3, -0.25) is 10.1 Å². The zero-order valence-corrected chi connectivity index (χ0v) is 12.9. The molecule has 1 aliphatic rings. The SMILES string of the molecule is Cc1csc(SCCCC(C)(NC2CC2)C(=O)O)n1. The molecule has 4 nitrogen and oxygen atoms in total. The first-order valence-corrected chi connectivity index (χ1v) is 8.42. The molecule has 2 N–H and O–H groups in total. The number of aromatic nitrogens is 1. The molecule has 1 unspecified atom stereocenters. The Balaban J connectivity index is 1.74. The quantitative estimate of drug-likeness (QED) is 0.571. The number of rotatable bonds is 8. The van der Waals surface area contributed by atoms with Gasteiger partial charge in [0.15, 0.2) is 0 Å². The Hall–Kier alpha value is -0.590. The molecule has 1 heterocycles. The second kappa shape index (κ2) is 6.24. The summed E-state index contributed by atoms with van der Waals surface area (Å²) in [6.45, 7) is 3.79. The molecule has 1 fully saturated rings. The van der Waals surface area contributed by atoms with Gasteiger partial charge < -0.3 is 5.11 Å². The van der Waals surface area contributed by atoms with Gasteiger partial charge in [0.2, 0.25) is 0 Å². The molecule has 0 bridgehead atoms. The Kier molecular flexibility index (Phi) is 4.86. The van der Waals surface area contributed by atoms with E-state index >= 15 is 0 Å². The summed E-state index contributed by atoms with van der Waals surface area (Å²) in [5.41, 5.74) is 0.277. The van der Waals surface area contributed by atoms with Gasteiger partial charge in [0, 0.05) is 22.9 Å². The molecular weight excluding hydrogens is 280 g/mol. The van der Waals surface area contributed by atoms with E-state index in [0.717, 1.165) is 35.0 Å².